The number of nitrogen functional groups attached to an aromatic ring is 1. The van der Waals surface area contributed by atoms with Crippen molar-refractivity contribution in [2.75, 3.05) is 5.73 Å². The number of nitrogens with two attached hydrogens (primary N) is 2. The molecule has 96 valence electrons. The second kappa shape index (κ2) is 4.27. The van der Waals surface area contributed by atoms with E-state index in [9.17, 15) is 8.42 Å². The summed E-state index contributed by atoms with van der Waals surface area (Å²) in [6.45, 7) is 1.73. The third-order valence-corrected chi connectivity index (χ3v) is 3.78. The lowest BCUT2D eigenvalue weighted by atomic mass is 10.3. The zero-order valence-electron chi connectivity index (χ0n) is 9.46. The summed E-state index contributed by atoms with van der Waals surface area (Å²) >= 11 is 5.89. The lowest BCUT2D eigenvalue weighted by molar-refractivity contribution is 0.598. The third kappa shape index (κ3) is 2.20. The Morgan fingerprint density at radius 1 is 1.39 bits per heavy atom. The lowest BCUT2D eigenvalue weighted by Crippen LogP contribution is -2.15. The molecule has 0 atom stereocenters. The molecule has 1 heterocycles. The fraction of sp³-hybridized carbons (Fsp3) is 0.100. The van der Waals surface area contributed by atoms with Crippen molar-refractivity contribution in [3.8, 4) is 5.69 Å². The smallest absolute Gasteiger partial charge is 0.240 e. The van der Waals surface area contributed by atoms with E-state index in [0.29, 0.717) is 16.4 Å². The van der Waals surface area contributed by atoms with Crippen LogP contribution in [0.15, 0.2) is 29.3 Å². The van der Waals surface area contributed by atoms with E-state index in [-0.39, 0.29) is 10.6 Å². The Labute approximate surface area is 109 Å². The van der Waals surface area contributed by atoms with Crippen LogP contribution in [0.3, 0.4) is 0 Å². The van der Waals surface area contributed by atoms with Crippen LogP contribution in [0.5, 0.6) is 0 Å². The van der Waals surface area contributed by atoms with Crippen molar-refractivity contribution in [1.82, 2.24) is 9.78 Å². The molecule has 0 radical (unpaired) electrons. The van der Waals surface area contributed by atoms with Gasteiger partial charge in [-0.25, -0.2) is 18.2 Å². The van der Waals surface area contributed by atoms with E-state index in [2.05, 4.69) is 5.10 Å². The van der Waals surface area contributed by atoms with Gasteiger partial charge in [0, 0.05) is 6.20 Å². The highest BCUT2D eigenvalue weighted by Gasteiger charge is 2.16. The maximum atomic E-state index is 11.4. The molecule has 6 nitrogen and oxygen atoms in total. The number of benzene rings is 1. The van der Waals surface area contributed by atoms with Gasteiger partial charge in [-0.15, -0.1) is 0 Å². The van der Waals surface area contributed by atoms with Crippen molar-refractivity contribution in [1.29, 1.82) is 0 Å². The Morgan fingerprint density at radius 2 is 2.06 bits per heavy atom. The monoisotopic (exact) mass is 286 g/mol. The molecule has 0 aliphatic heterocycles. The van der Waals surface area contributed by atoms with Gasteiger partial charge in [0.25, 0.3) is 0 Å². The highest BCUT2D eigenvalue weighted by atomic mass is 35.5. The van der Waals surface area contributed by atoms with Crippen molar-refractivity contribution in [3.63, 3.8) is 0 Å². The first-order chi connectivity index (χ1) is 8.30. The Morgan fingerprint density at radius 3 is 2.56 bits per heavy atom. The van der Waals surface area contributed by atoms with Crippen LogP contribution in [0.2, 0.25) is 5.02 Å². The maximum Gasteiger partial charge on any atom is 0.240 e. The number of anilines is 1. The van der Waals surface area contributed by atoms with Crippen LogP contribution < -0.4 is 10.9 Å². The average molecular weight is 287 g/mol. The summed E-state index contributed by atoms with van der Waals surface area (Å²) < 4.78 is 24.1. The number of hydrogen-bond donors (Lipinski definition) is 2. The number of sulfonamides is 1. The Hall–Kier alpha value is -1.57. The van der Waals surface area contributed by atoms with Crippen LogP contribution in [0.25, 0.3) is 5.69 Å². The van der Waals surface area contributed by atoms with Crippen molar-refractivity contribution in [2.24, 2.45) is 5.14 Å². The van der Waals surface area contributed by atoms with Gasteiger partial charge in [-0.1, -0.05) is 17.7 Å². The fourth-order valence-electron chi connectivity index (χ4n) is 1.54. The molecule has 2 rings (SSSR count). The number of aryl methyl sites for hydroxylation is 1. The van der Waals surface area contributed by atoms with Gasteiger partial charge < -0.3 is 5.73 Å². The first-order valence-electron chi connectivity index (χ1n) is 4.94. The van der Waals surface area contributed by atoms with E-state index in [1.807, 2.05) is 0 Å². The summed E-state index contributed by atoms with van der Waals surface area (Å²) in [6.07, 6.45) is 1.55. The van der Waals surface area contributed by atoms with Crippen LogP contribution in [0.1, 0.15) is 5.69 Å². The number of hydrogen-bond acceptors (Lipinski definition) is 4. The molecule has 2 aromatic rings. The molecule has 0 saturated heterocycles. The highest BCUT2D eigenvalue weighted by Crippen LogP contribution is 2.25. The van der Waals surface area contributed by atoms with Crippen LogP contribution in [-0.4, -0.2) is 18.2 Å². The quantitative estimate of drug-likeness (QED) is 0.806. The van der Waals surface area contributed by atoms with Crippen molar-refractivity contribution in [3.05, 3.63) is 35.1 Å². The summed E-state index contributed by atoms with van der Waals surface area (Å²) in [4.78, 5) is -0.135. The van der Waals surface area contributed by atoms with Gasteiger partial charge in [-0.05, 0) is 19.1 Å². The number of aromatic nitrogens is 2. The second-order valence-electron chi connectivity index (χ2n) is 3.74. The third-order valence-electron chi connectivity index (χ3n) is 2.44. The van der Waals surface area contributed by atoms with Crippen LogP contribution in [0.4, 0.5) is 5.69 Å². The van der Waals surface area contributed by atoms with Gasteiger partial charge in [0.05, 0.1) is 22.1 Å². The van der Waals surface area contributed by atoms with Crippen molar-refractivity contribution >= 4 is 27.3 Å². The van der Waals surface area contributed by atoms with Gasteiger partial charge >= 0.3 is 0 Å². The zero-order chi connectivity index (χ0) is 13.5. The molecular weight excluding hydrogens is 276 g/mol. The van der Waals surface area contributed by atoms with E-state index in [1.54, 1.807) is 19.2 Å². The van der Waals surface area contributed by atoms with Crippen molar-refractivity contribution < 1.29 is 8.42 Å². The summed E-state index contributed by atoms with van der Waals surface area (Å²) in [5, 5.41) is 9.68. The lowest BCUT2D eigenvalue weighted by Gasteiger charge is -2.09. The molecule has 1 aromatic heterocycles. The fourth-order valence-corrected chi connectivity index (χ4v) is 2.35. The minimum absolute atomic E-state index is 0.0409. The van der Waals surface area contributed by atoms with Crippen LogP contribution in [-0.2, 0) is 10.0 Å². The normalized spacial score (nSPS) is 11.7. The molecule has 4 N–H and O–H groups in total. The minimum Gasteiger partial charge on any atom is -0.396 e. The Bertz CT molecular complexity index is 689. The van der Waals surface area contributed by atoms with Gasteiger partial charge in [0.2, 0.25) is 10.0 Å². The molecule has 0 spiro atoms. The number of nitrogens with zero attached hydrogens (tertiary/aromatic N) is 2. The topological polar surface area (TPSA) is 104 Å². The SMILES string of the molecule is Cc1nn(-c2cccc(S(N)(=O)=O)c2N)cc1Cl. The average Bonchev–Trinajstić information content (AvgIpc) is 2.57. The highest BCUT2D eigenvalue weighted by molar-refractivity contribution is 7.89. The maximum absolute atomic E-state index is 11.4. The van der Waals surface area contributed by atoms with Gasteiger partial charge in [0.15, 0.2) is 0 Å². The van der Waals surface area contributed by atoms with E-state index in [0.717, 1.165) is 0 Å². The number of halogens is 1. The summed E-state index contributed by atoms with van der Waals surface area (Å²) in [7, 11) is -3.87. The molecule has 0 saturated carbocycles. The first-order valence-corrected chi connectivity index (χ1v) is 6.86. The largest absolute Gasteiger partial charge is 0.396 e. The number of primary sulfonamides is 1. The Kier molecular flexibility index (Phi) is 3.05. The minimum atomic E-state index is -3.87. The van der Waals surface area contributed by atoms with Crippen LogP contribution >= 0.6 is 11.6 Å². The molecule has 0 aliphatic rings. The standard InChI is InChI=1S/C10H11ClN4O2S/c1-6-7(11)5-15(14-6)8-3-2-4-9(10(8)12)18(13,16)17/h2-5H,12H2,1H3,(H2,13,16,17). The van der Waals surface area contributed by atoms with Gasteiger partial charge in [-0.3, -0.25) is 0 Å². The number of para-hydroxylation sites is 1. The molecule has 0 aliphatic carbocycles. The molecular formula is C10H11ClN4O2S. The zero-order valence-corrected chi connectivity index (χ0v) is 11.0. The number of rotatable bonds is 2. The van der Waals surface area contributed by atoms with Gasteiger partial charge in [-0.2, -0.15) is 5.10 Å². The first kappa shape index (κ1) is 12.9. The summed E-state index contributed by atoms with van der Waals surface area (Å²) in [5.41, 5.74) is 6.87. The second-order valence-corrected chi connectivity index (χ2v) is 5.68. The molecule has 0 unspecified atom stereocenters. The van der Waals surface area contributed by atoms with Crippen LogP contribution in [0, 0.1) is 6.92 Å². The van der Waals surface area contributed by atoms with E-state index in [4.69, 9.17) is 22.5 Å². The molecule has 18 heavy (non-hydrogen) atoms. The summed E-state index contributed by atoms with van der Waals surface area (Å²) in [6, 6.07) is 4.51. The van der Waals surface area contributed by atoms with Crippen molar-refractivity contribution in [2.45, 2.75) is 11.8 Å². The predicted octanol–water partition coefficient (Wildman–Crippen LogP) is 1.06. The Balaban J connectivity index is 2.67. The van der Waals surface area contributed by atoms with E-state index in [1.165, 1.54) is 16.8 Å². The van der Waals surface area contributed by atoms with Gasteiger partial charge in [0.1, 0.15) is 4.90 Å². The molecule has 0 bridgehead atoms. The molecule has 8 heteroatoms. The molecule has 0 amide bonds. The van der Waals surface area contributed by atoms with E-state index < -0.39 is 10.0 Å². The molecule has 1 aromatic carbocycles. The molecule has 0 fully saturated rings. The van der Waals surface area contributed by atoms with E-state index >= 15 is 0 Å². The summed E-state index contributed by atoms with van der Waals surface area (Å²) in [5.74, 6) is 0. The predicted molar refractivity (Wildman–Crippen MR) is 69.1 cm³/mol.